The molecule has 0 aromatic heterocycles. The van der Waals surface area contributed by atoms with Crippen LogP contribution in [0.15, 0.2) is 48.5 Å². The minimum absolute atomic E-state index is 0.122. The van der Waals surface area contributed by atoms with Gasteiger partial charge in [-0.05, 0) is 35.4 Å². The van der Waals surface area contributed by atoms with Crippen LogP contribution in [-0.2, 0) is 17.8 Å². The molecule has 1 amide bonds. The van der Waals surface area contributed by atoms with Crippen LogP contribution in [0.5, 0.6) is 0 Å². The highest BCUT2D eigenvalue weighted by molar-refractivity contribution is 5.94. The van der Waals surface area contributed by atoms with Crippen molar-refractivity contribution in [2.45, 2.75) is 13.1 Å². The summed E-state index contributed by atoms with van der Waals surface area (Å²) in [6.07, 6.45) is 0. The van der Waals surface area contributed by atoms with Crippen LogP contribution in [0.1, 0.15) is 21.5 Å². The first-order valence-corrected chi connectivity index (χ1v) is 8.12. The molecule has 0 unspecified atom stereocenters. The van der Waals surface area contributed by atoms with E-state index in [1.165, 1.54) is 12.1 Å². The molecule has 126 valence electrons. The molecule has 1 aliphatic rings. The number of carbonyl (C=O) groups excluding carboxylic acids is 1. The third-order valence-electron chi connectivity index (χ3n) is 4.07. The second-order valence-corrected chi connectivity index (χ2v) is 5.90. The topological polar surface area (TPSA) is 41.6 Å². The summed E-state index contributed by atoms with van der Waals surface area (Å²) in [4.78, 5) is 14.6. The maximum absolute atomic E-state index is 12.9. The number of carbonyl (C=O) groups is 1. The van der Waals surface area contributed by atoms with Crippen LogP contribution in [0.4, 0.5) is 4.39 Å². The molecular formula is C19H21FN2O2. The molecule has 1 N–H and O–H groups in total. The number of nitrogens with one attached hydrogen (secondary N) is 1. The van der Waals surface area contributed by atoms with Crippen molar-refractivity contribution in [1.82, 2.24) is 10.2 Å². The van der Waals surface area contributed by atoms with Gasteiger partial charge in [0.1, 0.15) is 5.82 Å². The second kappa shape index (κ2) is 8.04. The number of benzene rings is 2. The van der Waals surface area contributed by atoms with Gasteiger partial charge < -0.3 is 10.1 Å². The highest BCUT2D eigenvalue weighted by atomic mass is 19.1. The van der Waals surface area contributed by atoms with Crippen molar-refractivity contribution >= 4 is 5.91 Å². The second-order valence-electron chi connectivity index (χ2n) is 5.90. The van der Waals surface area contributed by atoms with E-state index in [0.29, 0.717) is 12.1 Å². The van der Waals surface area contributed by atoms with Crippen molar-refractivity contribution in [3.05, 3.63) is 71.0 Å². The summed E-state index contributed by atoms with van der Waals surface area (Å²) in [5.41, 5.74) is 2.63. The Bertz CT molecular complexity index is 682. The van der Waals surface area contributed by atoms with E-state index in [-0.39, 0.29) is 11.7 Å². The Labute approximate surface area is 141 Å². The van der Waals surface area contributed by atoms with Gasteiger partial charge in [-0.25, -0.2) is 4.39 Å². The first-order chi connectivity index (χ1) is 11.7. The Morgan fingerprint density at radius 3 is 2.58 bits per heavy atom. The zero-order chi connectivity index (χ0) is 16.8. The minimum Gasteiger partial charge on any atom is -0.379 e. The largest absolute Gasteiger partial charge is 0.379 e. The van der Waals surface area contributed by atoms with Crippen LogP contribution in [0.25, 0.3) is 0 Å². The summed E-state index contributed by atoms with van der Waals surface area (Å²) >= 11 is 0. The van der Waals surface area contributed by atoms with Crippen LogP contribution in [0, 0.1) is 5.82 Å². The number of morpholine rings is 1. The summed E-state index contributed by atoms with van der Waals surface area (Å²) in [5, 5.41) is 2.87. The summed E-state index contributed by atoms with van der Waals surface area (Å²) < 4.78 is 18.2. The number of hydrogen-bond acceptors (Lipinski definition) is 3. The van der Waals surface area contributed by atoms with Crippen LogP contribution < -0.4 is 5.32 Å². The highest BCUT2D eigenvalue weighted by Crippen LogP contribution is 2.10. The van der Waals surface area contributed by atoms with Gasteiger partial charge in [-0.2, -0.15) is 0 Å². The standard InChI is InChI=1S/C19H21FN2O2/c20-18-6-4-15(5-7-18)13-21-19(23)17-3-1-2-16(12-17)14-22-8-10-24-11-9-22/h1-7,12H,8-11,13-14H2,(H,21,23). The molecule has 0 saturated carbocycles. The zero-order valence-electron chi connectivity index (χ0n) is 13.5. The van der Waals surface area contributed by atoms with Gasteiger partial charge in [-0.3, -0.25) is 9.69 Å². The van der Waals surface area contributed by atoms with E-state index in [0.717, 1.165) is 44.0 Å². The smallest absolute Gasteiger partial charge is 0.251 e. The van der Waals surface area contributed by atoms with Gasteiger partial charge in [-0.15, -0.1) is 0 Å². The SMILES string of the molecule is O=C(NCc1ccc(F)cc1)c1cccc(CN2CCOCC2)c1. The number of ether oxygens (including phenoxy) is 1. The number of nitrogens with zero attached hydrogens (tertiary/aromatic N) is 1. The van der Waals surface area contributed by atoms with E-state index in [1.54, 1.807) is 12.1 Å². The van der Waals surface area contributed by atoms with Gasteiger partial charge in [0, 0.05) is 31.7 Å². The lowest BCUT2D eigenvalue weighted by atomic mass is 10.1. The van der Waals surface area contributed by atoms with Crippen molar-refractivity contribution < 1.29 is 13.9 Å². The van der Waals surface area contributed by atoms with E-state index in [4.69, 9.17) is 4.74 Å². The molecule has 0 bridgehead atoms. The summed E-state index contributed by atoms with van der Waals surface area (Å²) in [7, 11) is 0. The lowest BCUT2D eigenvalue weighted by molar-refractivity contribution is 0.0342. The van der Waals surface area contributed by atoms with Gasteiger partial charge in [0.25, 0.3) is 5.91 Å². The van der Waals surface area contributed by atoms with Gasteiger partial charge in [0.15, 0.2) is 0 Å². The molecule has 1 fully saturated rings. The van der Waals surface area contributed by atoms with Gasteiger partial charge >= 0.3 is 0 Å². The molecule has 0 spiro atoms. The average Bonchev–Trinajstić information content (AvgIpc) is 2.62. The van der Waals surface area contributed by atoms with E-state index in [2.05, 4.69) is 10.2 Å². The molecule has 5 heteroatoms. The molecule has 0 radical (unpaired) electrons. The molecule has 0 aliphatic carbocycles. The average molecular weight is 328 g/mol. The fraction of sp³-hybridized carbons (Fsp3) is 0.316. The molecular weight excluding hydrogens is 307 g/mol. The quantitative estimate of drug-likeness (QED) is 0.917. The van der Waals surface area contributed by atoms with Crippen molar-refractivity contribution in [1.29, 1.82) is 0 Å². The maximum Gasteiger partial charge on any atom is 0.251 e. The van der Waals surface area contributed by atoms with E-state index < -0.39 is 0 Å². The van der Waals surface area contributed by atoms with Gasteiger partial charge in [-0.1, -0.05) is 24.3 Å². The highest BCUT2D eigenvalue weighted by Gasteiger charge is 2.12. The summed E-state index contributed by atoms with van der Waals surface area (Å²) in [5.74, 6) is -0.399. The number of halogens is 1. The first kappa shape index (κ1) is 16.6. The van der Waals surface area contributed by atoms with Gasteiger partial charge in [0.2, 0.25) is 0 Å². The Balaban J connectivity index is 1.58. The molecule has 4 nitrogen and oxygen atoms in total. The van der Waals surface area contributed by atoms with Crippen LogP contribution in [-0.4, -0.2) is 37.1 Å². The molecule has 1 aliphatic heterocycles. The molecule has 24 heavy (non-hydrogen) atoms. The fourth-order valence-corrected chi connectivity index (χ4v) is 2.72. The number of amides is 1. The van der Waals surface area contributed by atoms with Crippen molar-refractivity contribution in [3.8, 4) is 0 Å². The monoisotopic (exact) mass is 328 g/mol. The zero-order valence-corrected chi connectivity index (χ0v) is 13.5. The van der Waals surface area contributed by atoms with E-state index in [9.17, 15) is 9.18 Å². The third-order valence-corrected chi connectivity index (χ3v) is 4.07. The lowest BCUT2D eigenvalue weighted by Crippen LogP contribution is -2.35. The number of hydrogen-bond donors (Lipinski definition) is 1. The van der Waals surface area contributed by atoms with Crippen molar-refractivity contribution in [2.75, 3.05) is 26.3 Å². The van der Waals surface area contributed by atoms with Crippen LogP contribution in [0.2, 0.25) is 0 Å². The van der Waals surface area contributed by atoms with E-state index >= 15 is 0 Å². The maximum atomic E-state index is 12.9. The lowest BCUT2D eigenvalue weighted by Gasteiger charge is -2.26. The fourth-order valence-electron chi connectivity index (χ4n) is 2.72. The van der Waals surface area contributed by atoms with Crippen molar-refractivity contribution in [3.63, 3.8) is 0 Å². The third kappa shape index (κ3) is 4.63. The molecule has 0 atom stereocenters. The predicted octanol–water partition coefficient (Wildman–Crippen LogP) is 2.59. The van der Waals surface area contributed by atoms with Gasteiger partial charge in [0.05, 0.1) is 13.2 Å². The predicted molar refractivity (Wildman–Crippen MR) is 90.1 cm³/mol. The van der Waals surface area contributed by atoms with E-state index in [1.807, 2.05) is 24.3 Å². The summed E-state index contributed by atoms with van der Waals surface area (Å²) in [6, 6.07) is 13.8. The number of rotatable bonds is 5. The Morgan fingerprint density at radius 2 is 1.83 bits per heavy atom. The van der Waals surface area contributed by atoms with Crippen molar-refractivity contribution in [2.24, 2.45) is 0 Å². The minimum atomic E-state index is -0.277. The normalized spacial score (nSPS) is 15.2. The molecule has 1 heterocycles. The molecule has 2 aromatic rings. The Morgan fingerprint density at radius 1 is 1.08 bits per heavy atom. The molecule has 2 aromatic carbocycles. The Kier molecular flexibility index (Phi) is 5.56. The summed E-state index contributed by atoms with van der Waals surface area (Å²) in [6.45, 7) is 4.56. The molecule has 1 saturated heterocycles. The first-order valence-electron chi connectivity index (χ1n) is 8.12. The molecule has 3 rings (SSSR count). The van der Waals surface area contributed by atoms with Crippen LogP contribution >= 0.6 is 0 Å². The van der Waals surface area contributed by atoms with Crippen LogP contribution in [0.3, 0.4) is 0 Å². The Hall–Kier alpha value is -2.24.